The van der Waals surface area contributed by atoms with Crippen molar-refractivity contribution in [2.75, 3.05) is 0 Å². The van der Waals surface area contributed by atoms with Crippen LogP contribution in [0.4, 0.5) is 0 Å². The van der Waals surface area contributed by atoms with Crippen molar-refractivity contribution in [3.63, 3.8) is 0 Å². The second kappa shape index (κ2) is 10.1. The van der Waals surface area contributed by atoms with Gasteiger partial charge in [-0.1, -0.05) is 84.0 Å². The lowest BCUT2D eigenvalue weighted by Crippen LogP contribution is -2.13. The summed E-state index contributed by atoms with van der Waals surface area (Å²) in [5.41, 5.74) is 5.13. The highest BCUT2D eigenvalue weighted by atomic mass is 79.9. The van der Waals surface area contributed by atoms with Crippen LogP contribution in [0.25, 0.3) is 76.5 Å². The largest absolute Gasteiger partial charge is 0.268 e. The number of hydrogen-bond acceptors (Lipinski definition) is 5. The Kier molecular flexibility index (Phi) is 6.04. The van der Waals surface area contributed by atoms with Gasteiger partial charge in [-0.05, 0) is 53.9 Å². The molecule has 7 nitrogen and oxygen atoms in total. The summed E-state index contributed by atoms with van der Waals surface area (Å²) in [6.07, 6.45) is 0. The Bertz CT molecular complexity index is 3010. The van der Waals surface area contributed by atoms with Crippen LogP contribution in [0.2, 0.25) is 0 Å². The molecule has 218 valence electrons. The average molecular weight is 661 g/mol. The first-order chi connectivity index (χ1) is 22.0. The van der Waals surface area contributed by atoms with Crippen LogP contribution in [-0.2, 0) is 0 Å². The van der Waals surface area contributed by atoms with Gasteiger partial charge in [-0.25, -0.2) is 9.97 Å². The summed E-state index contributed by atoms with van der Waals surface area (Å²) in [7, 11) is 0. The molecule has 0 aliphatic rings. The summed E-state index contributed by atoms with van der Waals surface area (Å²) in [5, 5.41) is 16.2. The Morgan fingerprint density at radius 2 is 1.02 bits per heavy atom. The number of halogens is 1. The molecule has 0 aliphatic carbocycles. The third-order valence-electron chi connectivity index (χ3n) is 8.62. The molecule has 0 amide bonds. The van der Waals surface area contributed by atoms with Gasteiger partial charge >= 0.3 is 0 Å². The van der Waals surface area contributed by atoms with Gasteiger partial charge in [-0.3, -0.25) is 18.4 Å². The Balaban J connectivity index is 0.000000133. The maximum absolute atomic E-state index is 13.0. The average Bonchev–Trinajstić information content (AvgIpc) is 3.67. The summed E-state index contributed by atoms with van der Waals surface area (Å²) in [6.45, 7) is 0. The minimum absolute atomic E-state index is 0. The van der Waals surface area contributed by atoms with Crippen molar-refractivity contribution in [1.29, 1.82) is 5.26 Å². The first kappa shape index (κ1) is 27.6. The van der Waals surface area contributed by atoms with Crippen LogP contribution in [0.15, 0.2) is 123 Å². The molecule has 0 unspecified atom stereocenters. The van der Waals surface area contributed by atoms with Crippen LogP contribution < -0.4 is 11.1 Å². The molecule has 4 heterocycles. The zero-order valence-corrected chi connectivity index (χ0v) is 24.9. The minimum Gasteiger partial charge on any atom is -0.268 e. The Labute approximate surface area is 269 Å². The number of fused-ring (bicyclic) bond motifs is 8. The standard InChI is InChI=1S/C19H9N3O.C18H9BrN2O.CH4/c20-10-11-8-9-14-17-12(11)4-3-5-13(17)18-21-15-6-1-2-7-16(15)22(18)19(14)23;19-13-9-8-12-16-10(13)4-3-5-11(16)17-20-14-6-1-2-7-15(14)21(17)18(12)22;/h1-9H;1-9H;1H4. The van der Waals surface area contributed by atoms with Gasteiger partial charge in [0.1, 0.15) is 11.3 Å². The normalized spacial score (nSPS) is 11.6. The zero-order chi connectivity index (χ0) is 30.4. The van der Waals surface area contributed by atoms with Crippen LogP contribution in [-0.4, -0.2) is 18.8 Å². The molecule has 0 bridgehead atoms. The van der Waals surface area contributed by atoms with Gasteiger partial charge in [0.15, 0.2) is 0 Å². The summed E-state index contributed by atoms with van der Waals surface area (Å²) in [6, 6.07) is 36.6. The fraction of sp³-hybridized carbons (Fsp3) is 0.0263. The van der Waals surface area contributed by atoms with E-state index in [0.717, 1.165) is 69.9 Å². The molecule has 0 radical (unpaired) electrons. The van der Waals surface area contributed by atoms with E-state index in [4.69, 9.17) is 0 Å². The number of nitriles is 1. The maximum atomic E-state index is 13.0. The number of rotatable bonds is 0. The van der Waals surface area contributed by atoms with Crippen molar-refractivity contribution in [2.45, 2.75) is 7.43 Å². The number of nitrogens with zero attached hydrogens (tertiary/aromatic N) is 5. The van der Waals surface area contributed by atoms with Crippen molar-refractivity contribution in [1.82, 2.24) is 18.8 Å². The number of para-hydroxylation sites is 4. The van der Waals surface area contributed by atoms with E-state index in [9.17, 15) is 14.9 Å². The number of imidazole rings is 2. The lowest BCUT2D eigenvalue weighted by atomic mass is 9.99. The van der Waals surface area contributed by atoms with Gasteiger partial charge in [-0.2, -0.15) is 5.26 Å². The molecule has 46 heavy (non-hydrogen) atoms. The van der Waals surface area contributed by atoms with Crippen LogP contribution in [0.3, 0.4) is 0 Å². The first-order valence-corrected chi connectivity index (χ1v) is 15.1. The van der Waals surface area contributed by atoms with E-state index >= 15 is 0 Å². The molecule has 0 aliphatic heterocycles. The molecule has 0 fully saturated rings. The smallest absolute Gasteiger partial charge is 0.264 e. The molecule has 0 spiro atoms. The molecule has 6 aromatic carbocycles. The van der Waals surface area contributed by atoms with E-state index in [1.165, 1.54) is 0 Å². The quantitative estimate of drug-likeness (QED) is 0.163. The Hall–Kier alpha value is -5.91. The lowest BCUT2D eigenvalue weighted by Gasteiger charge is -2.08. The monoisotopic (exact) mass is 659 g/mol. The summed E-state index contributed by atoms with van der Waals surface area (Å²) in [5.74, 6) is 0. The van der Waals surface area contributed by atoms with Gasteiger partial charge in [0, 0.05) is 42.2 Å². The SMILES string of the molecule is C.N#Cc1ccc2c(=O)n3c4ccccc4nc3c3cccc1c23.O=c1c2ccc(Br)c3cccc(c32)c2nc3ccccc3n12. The van der Waals surface area contributed by atoms with Crippen LogP contribution in [0.1, 0.15) is 13.0 Å². The number of benzene rings is 6. The highest BCUT2D eigenvalue weighted by Crippen LogP contribution is 2.34. The lowest BCUT2D eigenvalue weighted by molar-refractivity contribution is 1.19. The van der Waals surface area contributed by atoms with Gasteiger partial charge in [-0.15, -0.1) is 0 Å². The van der Waals surface area contributed by atoms with Gasteiger partial charge in [0.2, 0.25) is 0 Å². The predicted octanol–water partition coefficient (Wildman–Crippen LogP) is 8.45. The van der Waals surface area contributed by atoms with Crippen molar-refractivity contribution in [3.05, 3.63) is 140 Å². The highest BCUT2D eigenvalue weighted by molar-refractivity contribution is 9.10. The molecule has 8 heteroatoms. The van der Waals surface area contributed by atoms with E-state index in [1.54, 1.807) is 20.9 Å². The molecule has 4 aromatic heterocycles. The number of pyridine rings is 2. The molecular formula is C38H22BrN5O2. The van der Waals surface area contributed by atoms with Crippen molar-refractivity contribution in [2.24, 2.45) is 0 Å². The Morgan fingerprint density at radius 1 is 0.543 bits per heavy atom. The molecule has 0 saturated heterocycles. The zero-order valence-electron chi connectivity index (χ0n) is 23.3. The number of aromatic nitrogens is 4. The van der Waals surface area contributed by atoms with E-state index in [1.807, 2.05) is 97.1 Å². The first-order valence-electron chi connectivity index (χ1n) is 14.3. The maximum Gasteiger partial charge on any atom is 0.264 e. The van der Waals surface area contributed by atoms with E-state index in [0.29, 0.717) is 16.6 Å². The van der Waals surface area contributed by atoms with Crippen LogP contribution >= 0.6 is 15.9 Å². The minimum atomic E-state index is -0.0955. The fourth-order valence-electron chi connectivity index (χ4n) is 6.67. The second-order valence-corrected chi connectivity index (χ2v) is 11.8. The molecule has 0 saturated carbocycles. The number of hydrogen-bond donors (Lipinski definition) is 0. The Morgan fingerprint density at radius 3 is 1.59 bits per heavy atom. The van der Waals surface area contributed by atoms with E-state index in [-0.39, 0.29) is 18.5 Å². The topological polar surface area (TPSA) is 92.5 Å². The predicted molar refractivity (Wildman–Crippen MR) is 189 cm³/mol. The summed E-state index contributed by atoms with van der Waals surface area (Å²) in [4.78, 5) is 35.3. The van der Waals surface area contributed by atoms with Crippen molar-refractivity contribution in [3.8, 4) is 6.07 Å². The van der Waals surface area contributed by atoms with Gasteiger partial charge in [0.25, 0.3) is 11.1 Å². The summed E-state index contributed by atoms with van der Waals surface area (Å²) >= 11 is 3.57. The second-order valence-electron chi connectivity index (χ2n) is 11.0. The van der Waals surface area contributed by atoms with Gasteiger partial charge in [0.05, 0.1) is 33.7 Å². The third kappa shape index (κ3) is 3.63. The van der Waals surface area contributed by atoms with Gasteiger partial charge < -0.3 is 0 Å². The molecular weight excluding hydrogens is 638 g/mol. The molecule has 10 rings (SSSR count). The molecule has 10 aromatic rings. The van der Waals surface area contributed by atoms with Crippen LogP contribution in [0.5, 0.6) is 0 Å². The molecule has 0 atom stereocenters. The summed E-state index contributed by atoms with van der Waals surface area (Å²) < 4.78 is 4.38. The van der Waals surface area contributed by atoms with Crippen molar-refractivity contribution < 1.29 is 0 Å². The third-order valence-corrected chi connectivity index (χ3v) is 9.31. The fourth-order valence-corrected chi connectivity index (χ4v) is 7.13. The highest BCUT2D eigenvalue weighted by Gasteiger charge is 2.18. The van der Waals surface area contributed by atoms with E-state index < -0.39 is 0 Å². The van der Waals surface area contributed by atoms with Crippen molar-refractivity contribution >= 4 is 92.4 Å². The van der Waals surface area contributed by atoms with E-state index in [2.05, 4.69) is 32.0 Å². The van der Waals surface area contributed by atoms with Crippen LogP contribution in [0, 0.1) is 11.3 Å². The molecule has 0 N–H and O–H groups in total.